The SMILES string of the molecule is CCSCCSCCC(NC(=O)OCC1c2ccccc2-c2ccccc21)C(=O)O. The van der Waals surface area contributed by atoms with E-state index < -0.39 is 18.1 Å². The van der Waals surface area contributed by atoms with Crippen LogP contribution >= 0.6 is 23.5 Å². The molecule has 1 aliphatic carbocycles. The van der Waals surface area contributed by atoms with Crippen LogP contribution in [-0.2, 0) is 9.53 Å². The molecule has 1 atom stereocenters. The monoisotopic (exact) mass is 445 g/mol. The van der Waals surface area contributed by atoms with Gasteiger partial charge in [-0.15, -0.1) is 0 Å². The van der Waals surface area contributed by atoms with Crippen molar-refractivity contribution in [1.82, 2.24) is 5.32 Å². The molecule has 2 N–H and O–H groups in total. The summed E-state index contributed by atoms with van der Waals surface area (Å²) in [5.41, 5.74) is 4.57. The van der Waals surface area contributed by atoms with E-state index in [1.165, 1.54) is 0 Å². The first-order chi connectivity index (χ1) is 14.6. The Morgan fingerprint density at radius 3 is 2.20 bits per heavy atom. The van der Waals surface area contributed by atoms with Gasteiger partial charge in [-0.25, -0.2) is 9.59 Å². The summed E-state index contributed by atoms with van der Waals surface area (Å²) in [6.07, 6.45) is -0.308. The Bertz CT molecular complexity index is 828. The Morgan fingerprint density at radius 1 is 1.00 bits per heavy atom. The molecule has 1 amide bonds. The zero-order valence-corrected chi connectivity index (χ0v) is 18.6. The highest BCUT2D eigenvalue weighted by molar-refractivity contribution is 8.02. The van der Waals surface area contributed by atoms with Gasteiger partial charge in [0.05, 0.1) is 0 Å². The van der Waals surface area contributed by atoms with E-state index in [0.717, 1.165) is 39.5 Å². The molecule has 0 fully saturated rings. The Balaban J connectivity index is 1.53. The zero-order chi connectivity index (χ0) is 21.3. The number of carboxylic acids is 1. The molecule has 1 aliphatic rings. The lowest BCUT2D eigenvalue weighted by atomic mass is 9.98. The molecule has 2 aromatic rings. The number of hydrogen-bond donors (Lipinski definition) is 2. The fraction of sp³-hybridized carbons (Fsp3) is 0.391. The van der Waals surface area contributed by atoms with Gasteiger partial charge in [-0.1, -0.05) is 55.5 Å². The lowest BCUT2D eigenvalue weighted by molar-refractivity contribution is -0.139. The first-order valence-corrected chi connectivity index (χ1v) is 12.4. The van der Waals surface area contributed by atoms with E-state index >= 15 is 0 Å². The summed E-state index contributed by atoms with van der Waals surface area (Å²) in [5.74, 6) is 2.73. The van der Waals surface area contributed by atoms with E-state index in [2.05, 4.69) is 36.5 Å². The van der Waals surface area contributed by atoms with Crippen LogP contribution in [0.2, 0.25) is 0 Å². The third-order valence-corrected chi connectivity index (χ3v) is 7.24. The van der Waals surface area contributed by atoms with E-state index in [1.807, 2.05) is 36.0 Å². The molecule has 5 nitrogen and oxygen atoms in total. The zero-order valence-electron chi connectivity index (χ0n) is 17.0. The number of aliphatic carboxylic acids is 1. The van der Waals surface area contributed by atoms with Gasteiger partial charge < -0.3 is 15.2 Å². The smallest absolute Gasteiger partial charge is 0.407 e. The van der Waals surface area contributed by atoms with Crippen molar-refractivity contribution >= 4 is 35.6 Å². The predicted molar refractivity (Wildman–Crippen MR) is 125 cm³/mol. The summed E-state index contributed by atoms with van der Waals surface area (Å²) in [7, 11) is 0. The summed E-state index contributed by atoms with van der Waals surface area (Å²) in [6, 6.07) is 15.3. The van der Waals surface area contributed by atoms with E-state index in [4.69, 9.17) is 4.74 Å². The highest BCUT2D eigenvalue weighted by Gasteiger charge is 2.29. The summed E-state index contributed by atoms with van der Waals surface area (Å²) in [4.78, 5) is 23.8. The maximum Gasteiger partial charge on any atom is 0.407 e. The standard InChI is InChI=1S/C23H27NO4S2/c1-2-29-13-14-30-12-11-21(22(25)26)24-23(27)28-15-20-18-9-5-3-7-16(18)17-8-4-6-10-19(17)20/h3-10,20-21H,2,11-15H2,1H3,(H,24,27)(H,25,26). The topological polar surface area (TPSA) is 75.6 Å². The van der Waals surface area contributed by atoms with Gasteiger partial charge in [0.2, 0.25) is 0 Å². The van der Waals surface area contributed by atoms with Crippen LogP contribution in [0.1, 0.15) is 30.4 Å². The Labute approximate surface area is 186 Å². The van der Waals surface area contributed by atoms with Crippen molar-refractivity contribution in [2.45, 2.75) is 25.3 Å². The van der Waals surface area contributed by atoms with E-state index in [1.54, 1.807) is 11.8 Å². The van der Waals surface area contributed by atoms with Crippen LogP contribution in [0, 0.1) is 0 Å². The molecule has 0 bridgehead atoms. The lowest BCUT2D eigenvalue weighted by Gasteiger charge is -2.17. The molecule has 0 aliphatic heterocycles. The maximum absolute atomic E-state index is 12.3. The normalized spacial score (nSPS) is 13.4. The lowest BCUT2D eigenvalue weighted by Crippen LogP contribution is -2.41. The molecule has 0 spiro atoms. The summed E-state index contributed by atoms with van der Waals surface area (Å²) in [5, 5.41) is 11.9. The number of alkyl carbamates (subject to hydrolysis) is 1. The molecule has 30 heavy (non-hydrogen) atoms. The minimum atomic E-state index is -1.04. The average Bonchev–Trinajstić information content (AvgIpc) is 3.07. The Morgan fingerprint density at radius 2 is 1.60 bits per heavy atom. The number of amides is 1. The second kappa shape index (κ2) is 11.3. The van der Waals surface area contributed by atoms with Gasteiger partial charge in [-0.05, 0) is 40.2 Å². The van der Waals surface area contributed by atoms with Crippen LogP contribution in [0.4, 0.5) is 4.79 Å². The first-order valence-electron chi connectivity index (χ1n) is 10.1. The van der Waals surface area contributed by atoms with Crippen LogP contribution in [0.25, 0.3) is 11.1 Å². The van der Waals surface area contributed by atoms with Gasteiger partial charge in [0.1, 0.15) is 12.6 Å². The maximum atomic E-state index is 12.3. The molecule has 7 heteroatoms. The fourth-order valence-electron chi connectivity index (χ4n) is 3.61. The number of carboxylic acid groups (broad SMARTS) is 1. The predicted octanol–water partition coefficient (Wildman–Crippen LogP) is 4.85. The number of nitrogens with one attached hydrogen (secondary N) is 1. The number of ether oxygens (including phenoxy) is 1. The number of thioether (sulfide) groups is 2. The highest BCUT2D eigenvalue weighted by atomic mass is 32.2. The molecule has 0 saturated carbocycles. The number of fused-ring (bicyclic) bond motifs is 3. The summed E-state index contributed by atoms with van der Waals surface area (Å²) < 4.78 is 5.46. The van der Waals surface area contributed by atoms with Crippen molar-refractivity contribution < 1.29 is 19.4 Å². The molecule has 3 rings (SSSR count). The summed E-state index contributed by atoms with van der Waals surface area (Å²) in [6.45, 7) is 2.29. The molecule has 0 radical (unpaired) electrons. The van der Waals surface area contributed by atoms with Gasteiger partial charge in [0, 0.05) is 17.4 Å². The second-order valence-corrected chi connectivity index (χ2v) is 9.58. The van der Waals surface area contributed by atoms with E-state index in [9.17, 15) is 14.7 Å². The molecule has 0 heterocycles. The van der Waals surface area contributed by atoms with Crippen LogP contribution < -0.4 is 5.32 Å². The van der Waals surface area contributed by atoms with Gasteiger partial charge in [-0.3, -0.25) is 0 Å². The Kier molecular flexibility index (Phi) is 8.51. The van der Waals surface area contributed by atoms with Gasteiger partial charge in [0.25, 0.3) is 0 Å². The van der Waals surface area contributed by atoms with E-state index in [0.29, 0.717) is 12.2 Å². The van der Waals surface area contributed by atoms with Crippen molar-refractivity contribution in [2.75, 3.05) is 29.6 Å². The number of hydrogen-bond acceptors (Lipinski definition) is 5. The van der Waals surface area contributed by atoms with Gasteiger partial charge in [-0.2, -0.15) is 23.5 Å². The molecular weight excluding hydrogens is 418 g/mol. The largest absolute Gasteiger partial charge is 0.480 e. The van der Waals surface area contributed by atoms with Crippen molar-refractivity contribution in [3.8, 4) is 11.1 Å². The molecule has 0 aromatic heterocycles. The number of carbonyl (C=O) groups excluding carboxylic acids is 1. The third-order valence-electron chi connectivity index (χ3n) is 5.06. The number of carbonyl (C=O) groups is 2. The number of rotatable bonds is 11. The van der Waals surface area contributed by atoms with Crippen molar-refractivity contribution in [1.29, 1.82) is 0 Å². The molecule has 1 unspecified atom stereocenters. The Hall–Kier alpha value is -2.12. The van der Waals surface area contributed by atoms with E-state index in [-0.39, 0.29) is 12.5 Å². The second-order valence-electron chi connectivity index (χ2n) is 6.96. The van der Waals surface area contributed by atoms with Crippen molar-refractivity contribution in [3.05, 3.63) is 59.7 Å². The van der Waals surface area contributed by atoms with Gasteiger partial charge >= 0.3 is 12.1 Å². The quantitative estimate of drug-likeness (QED) is 0.481. The minimum absolute atomic E-state index is 0.0435. The molecular formula is C23H27NO4S2. The van der Waals surface area contributed by atoms with Crippen molar-refractivity contribution in [3.63, 3.8) is 0 Å². The average molecular weight is 446 g/mol. The molecule has 2 aromatic carbocycles. The first kappa shape index (κ1) is 22.6. The van der Waals surface area contributed by atoms with Crippen LogP contribution in [0.5, 0.6) is 0 Å². The summed E-state index contributed by atoms with van der Waals surface area (Å²) >= 11 is 3.57. The van der Waals surface area contributed by atoms with Crippen LogP contribution in [0.3, 0.4) is 0 Å². The third kappa shape index (κ3) is 5.73. The van der Waals surface area contributed by atoms with Crippen LogP contribution in [0.15, 0.2) is 48.5 Å². The van der Waals surface area contributed by atoms with Gasteiger partial charge in [0.15, 0.2) is 0 Å². The number of benzene rings is 2. The van der Waals surface area contributed by atoms with Crippen molar-refractivity contribution in [2.24, 2.45) is 0 Å². The van der Waals surface area contributed by atoms with Crippen LogP contribution in [-0.4, -0.2) is 52.8 Å². The molecule has 160 valence electrons. The fourth-order valence-corrected chi connectivity index (χ4v) is 5.44. The minimum Gasteiger partial charge on any atom is -0.480 e. The molecule has 0 saturated heterocycles. The highest BCUT2D eigenvalue weighted by Crippen LogP contribution is 2.44.